The highest BCUT2D eigenvalue weighted by molar-refractivity contribution is 5.62. The van der Waals surface area contributed by atoms with E-state index in [0.29, 0.717) is 6.04 Å². The molecule has 0 bridgehead atoms. The third-order valence-electron chi connectivity index (χ3n) is 3.98. The van der Waals surface area contributed by atoms with Crippen molar-refractivity contribution in [3.63, 3.8) is 0 Å². The molecular weight excluding hydrogens is 250 g/mol. The molecule has 5 nitrogen and oxygen atoms in total. The number of nitrogens with one attached hydrogen (secondary N) is 2. The van der Waals surface area contributed by atoms with Crippen LogP contribution in [0.1, 0.15) is 18.1 Å². The fourth-order valence-electron chi connectivity index (χ4n) is 2.64. The first-order valence-electron chi connectivity index (χ1n) is 7.12. The molecule has 1 aromatic carbocycles. The van der Waals surface area contributed by atoms with Gasteiger partial charge < -0.3 is 10.2 Å². The first kappa shape index (κ1) is 13.1. The molecule has 1 unspecified atom stereocenters. The zero-order chi connectivity index (χ0) is 14.1. The number of aryl methyl sites for hydroxylation is 1. The summed E-state index contributed by atoms with van der Waals surface area (Å²) in [4.78, 5) is 6.90. The Hall–Kier alpha value is -1.88. The fraction of sp³-hybridized carbons (Fsp3) is 0.467. The molecule has 2 N–H and O–H groups in total. The van der Waals surface area contributed by atoms with E-state index in [1.54, 1.807) is 0 Å². The lowest BCUT2D eigenvalue weighted by atomic mass is 10.0. The molecule has 1 aliphatic rings. The molecule has 5 heteroatoms. The minimum Gasteiger partial charge on any atom is -0.337 e. The summed E-state index contributed by atoms with van der Waals surface area (Å²) in [7, 11) is 0. The number of hydrogen-bond acceptors (Lipinski definition) is 4. The first-order valence-corrected chi connectivity index (χ1v) is 7.12. The number of rotatable bonds is 2. The molecular formula is C15H21N5. The molecule has 1 aromatic heterocycles. The van der Waals surface area contributed by atoms with E-state index in [0.717, 1.165) is 37.0 Å². The summed E-state index contributed by atoms with van der Waals surface area (Å²) < 4.78 is 0. The first-order chi connectivity index (χ1) is 9.65. The predicted octanol–water partition coefficient (Wildman–Crippen LogP) is 1.89. The Morgan fingerprint density at radius 1 is 1.30 bits per heavy atom. The van der Waals surface area contributed by atoms with Crippen molar-refractivity contribution in [3.05, 3.63) is 29.3 Å². The van der Waals surface area contributed by atoms with Gasteiger partial charge in [0.15, 0.2) is 5.82 Å². The number of piperazine rings is 1. The fourth-order valence-corrected chi connectivity index (χ4v) is 2.64. The second-order valence-corrected chi connectivity index (χ2v) is 5.53. The number of aromatic amines is 1. The summed E-state index contributed by atoms with van der Waals surface area (Å²) in [5.74, 6) is 1.65. The van der Waals surface area contributed by atoms with Crippen LogP contribution < -0.4 is 10.2 Å². The van der Waals surface area contributed by atoms with Crippen LogP contribution in [-0.4, -0.2) is 40.9 Å². The van der Waals surface area contributed by atoms with Crippen molar-refractivity contribution >= 4 is 5.95 Å². The van der Waals surface area contributed by atoms with Gasteiger partial charge in [-0.3, -0.25) is 5.10 Å². The summed E-state index contributed by atoms with van der Waals surface area (Å²) >= 11 is 0. The van der Waals surface area contributed by atoms with E-state index in [4.69, 9.17) is 0 Å². The standard InChI is InChI=1S/C15H21N5/c1-10-5-4-6-13(12(10)3)14-17-15(19-18-14)20-8-7-16-11(2)9-20/h4-6,11,16H,7-9H2,1-3H3,(H,17,18,19). The lowest BCUT2D eigenvalue weighted by Crippen LogP contribution is -2.49. The minimum atomic E-state index is 0.478. The Balaban J connectivity index is 1.88. The van der Waals surface area contributed by atoms with Crippen molar-refractivity contribution < 1.29 is 0 Å². The van der Waals surface area contributed by atoms with E-state index in [1.807, 2.05) is 0 Å². The van der Waals surface area contributed by atoms with E-state index >= 15 is 0 Å². The lowest BCUT2D eigenvalue weighted by Gasteiger charge is -2.30. The normalized spacial score (nSPS) is 19.4. The van der Waals surface area contributed by atoms with E-state index in [-0.39, 0.29) is 0 Å². The summed E-state index contributed by atoms with van der Waals surface area (Å²) in [5.41, 5.74) is 3.66. The van der Waals surface area contributed by atoms with Crippen LogP contribution in [0.5, 0.6) is 0 Å². The highest BCUT2D eigenvalue weighted by Gasteiger charge is 2.20. The number of benzene rings is 1. The summed E-state index contributed by atoms with van der Waals surface area (Å²) in [5, 5.41) is 10.9. The van der Waals surface area contributed by atoms with Crippen LogP contribution >= 0.6 is 0 Å². The maximum atomic E-state index is 4.67. The van der Waals surface area contributed by atoms with Crippen LogP contribution in [0, 0.1) is 13.8 Å². The van der Waals surface area contributed by atoms with Crippen molar-refractivity contribution in [3.8, 4) is 11.4 Å². The van der Waals surface area contributed by atoms with Gasteiger partial charge in [0.05, 0.1) is 0 Å². The van der Waals surface area contributed by atoms with E-state index in [2.05, 4.69) is 64.4 Å². The van der Waals surface area contributed by atoms with E-state index in [9.17, 15) is 0 Å². The van der Waals surface area contributed by atoms with Crippen LogP contribution in [0.3, 0.4) is 0 Å². The molecule has 2 heterocycles. The van der Waals surface area contributed by atoms with E-state index in [1.165, 1.54) is 11.1 Å². The zero-order valence-corrected chi connectivity index (χ0v) is 12.3. The molecule has 2 aromatic rings. The van der Waals surface area contributed by atoms with Gasteiger partial charge in [-0.2, -0.15) is 4.98 Å². The van der Waals surface area contributed by atoms with Gasteiger partial charge in [-0.25, -0.2) is 0 Å². The van der Waals surface area contributed by atoms with Crippen molar-refractivity contribution in [2.24, 2.45) is 0 Å². The number of hydrogen-bond donors (Lipinski definition) is 2. The van der Waals surface area contributed by atoms with Crippen LogP contribution in [0.15, 0.2) is 18.2 Å². The van der Waals surface area contributed by atoms with Gasteiger partial charge in [-0.1, -0.05) is 18.2 Å². The van der Waals surface area contributed by atoms with Crippen molar-refractivity contribution in [1.82, 2.24) is 20.5 Å². The summed E-state index contributed by atoms with van der Waals surface area (Å²) in [6.07, 6.45) is 0. The lowest BCUT2D eigenvalue weighted by molar-refractivity contribution is 0.480. The SMILES string of the molecule is Cc1cccc(-c2nc(N3CCNC(C)C3)n[nH]2)c1C. The number of nitrogens with zero attached hydrogens (tertiary/aromatic N) is 3. The predicted molar refractivity (Wildman–Crippen MR) is 81.0 cm³/mol. The minimum absolute atomic E-state index is 0.478. The third kappa shape index (κ3) is 2.41. The summed E-state index contributed by atoms with van der Waals surface area (Å²) in [6, 6.07) is 6.75. The van der Waals surface area contributed by atoms with Crippen molar-refractivity contribution in [2.45, 2.75) is 26.8 Å². The molecule has 0 spiro atoms. The summed E-state index contributed by atoms with van der Waals surface area (Å²) in [6.45, 7) is 9.31. The molecule has 1 atom stereocenters. The molecule has 1 aliphatic heterocycles. The van der Waals surface area contributed by atoms with Gasteiger partial charge in [0.2, 0.25) is 5.95 Å². The molecule has 0 saturated carbocycles. The molecule has 0 aliphatic carbocycles. The van der Waals surface area contributed by atoms with Gasteiger partial charge in [0.25, 0.3) is 0 Å². The molecule has 3 rings (SSSR count). The molecule has 106 valence electrons. The van der Waals surface area contributed by atoms with Gasteiger partial charge in [-0.05, 0) is 31.9 Å². The maximum Gasteiger partial charge on any atom is 0.245 e. The third-order valence-corrected chi connectivity index (χ3v) is 3.98. The van der Waals surface area contributed by atoms with Crippen LogP contribution in [-0.2, 0) is 0 Å². The number of aromatic nitrogens is 3. The highest BCUT2D eigenvalue weighted by Crippen LogP contribution is 2.23. The second-order valence-electron chi connectivity index (χ2n) is 5.53. The van der Waals surface area contributed by atoms with Crippen LogP contribution in [0.2, 0.25) is 0 Å². The molecule has 0 amide bonds. The monoisotopic (exact) mass is 271 g/mol. The smallest absolute Gasteiger partial charge is 0.245 e. The van der Waals surface area contributed by atoms with Crippen LogP contribution in [0.25, 0.3) is 11.4 Å². The molecule has 0 radical (unpaired) electrons. The largest absolute Gasteiger partial charge is 0.337 e. The maximum absolute atomic E-state index is 4.67. The van der Waals surface area contributed by atoms with Gasteiger partial charge in [0, 0.05) is 31.2 Å². The Bertz CT molecular complexity index is 604. The molecule has 20 heavy (non-hydrogen) atoms. The Morgan fingerprint density at radius 2 is 2.15 bits per heavy atom. The number of anilines is 1. The average molecular weight is 271 g/mol. The Kier molecular flexibility index (Phi) is 3.44. The Morgan fingerprint density at radius 3 is 2.95 bits per heavy atom. The van der Waals surface area contributed by atoms with E-state index < -0.39 is 0 Å². The van der Waals surface area contributed by atoms with Crippen molar-refractivity contribution in [2.75, 3.05) is 24.5 Å². The van der Waals surface area contributed by atoms with Gasteiger partial charge in [0.1, 0.15) is 0 Å². The van der Waals surface area contributed by atoms with Crippen molar-refractivity contribution in [1.29, 1.82) is 0 Å². The van der Waals surface area contributed by atoms with Crippen LogP contribution in [0.4, 0.5) is 5.95 Å². The van der Waals surface area contributed by atoms with Gasteiger partial charge in [-0.15, -0.1) is 5.10 Å². The number of H-pyrrole nitrogens is 1. The topological polar surface area (TPSA) is 56.8 Å². The molecule has 1 saturated heterocycles. The molecule has 1 fully saturated rings. The van der Waals surface area contributed by atoms with Gasteiger partial charge >= 0.3 is 0 Å². The Labute approximate surface area is 119 Å². The second kappa shape index (κ2) is 5.25. The highest BCUT2D eigenvalue weighted by atomic mass is 15.4. The average Bonchev–Trinajstić information content (AvgIpc) is 2.91. The zero-order valence-electron chi connectivity index (χ0n) is 12.3. The quantitative estimate of drug-likeness (QED) is 0.875.